The predicted octanol–water partition coefficient (Wildman–Crippen LogP) is 5.32. The first-order chi connectivity index (χ1) is 15.4. The van der Waals surface area contributed by atoms with E-state index in [0.717, 1.165) is 17.0 Å². The number of nitrogens with zero attached hydrogens (tertiary/aromatic N) is 2. The lowest BCUT2D eigenvalue weighted by atomic mass is 10.1. The number of carbonyl (C=O) groups is 1. The molecule has 0 saturated heterocycles. The second kappa shape index (κ2) is 11.3. The van der Waals surface area contributed by atoms with E-state index in [1.165, 1.54) is 11.3 Å². The number of halogens is 1. The summed E-state index contributed by atoms with van der Waals surface area (Å²) in [6, 6.07) is 12.5. The van der Waals surface area contributed by atoms with E-state index in [-0.39, 0.29) is 25.2 Å². The minimum atomic E-state index is -0.0972. The van der Waals surface area contributed by atoms with E-state index in [1.54, 1.807) is 42.8 Å². The highest BCUT2D eigenvalue weighted by atomic mass is 35.5. The molecule has 0 fully saturated rings. The van der Waals surface area contributed by atoms with Gasteiger partial charge in [-0.25, -0.2) is 4.98 Å². The van der Waals surface area contributed by atoms with Crippen molar-refractivity contribution in [3.63, 3.8) is 0 Å². The van der Waals surface area contributed by atoms with Crippen LogP contribution in [0.1, 0.15) is 46.9 Å². The van der Waals surface area contributed by atoms with Gasteiger partial charge in [0.05, 0.1) is 19.4 Å². The minimum Gasteiger partial charge on any atom is -0.497 e. The first-order valence-electron chi connectivity index (χ1n) is 10.4. The van der Waals surface area contributed by atoms with Gasteiger partial charge in [0.1, 0.15) is 23.1 Å². The maximum absolute atomic E-state index is 13.3. The van der Waals surface area contributed by atoms with Crippen LogP contribution in [0.15, 0.2) is 47.8 Å². The van der Waals surface area contributed by atoms with Crippen molar-refractivity contribution in [1.82, 2.24) is 9.88 Å². The first kappa shape index (κ1) is 24.0. The monoisotopic (exact) mass is 474 g/mol. The summed E-state index contributed by atoms with van der Waals surface area (Å²) in [5.74, 6) is 1.28. The van der Waals surface area contributed by atoms with Gasteiger partial charge in [-0.05, 0) is 55.8 Å². The summed E-state index contributed by atoms with van der Waals surface area (Å²) >= 11 is 7.71. The van der Waals surface area contributed by atoms with E-state index < -0.39 is 0 Å². The average Bonchev–Trinajstić information content (AvgIpc) is 3.29. The summed E-state index contributed by atoms with van der Waals surface area (Å²) in [6.45, 7) is 4.61. The third-order valence-electron chi connectivity index (χ3n) is 5.20. The fourth-order valence-corrected chi connectivity index (χ4v) is 4.06. The highest BCUT2D eigenvalue weighted by Crippen LogP contribution is 2.28. The summed E-state index contributed by atoms with van der Waals surface area (Å²) in [5, 5.41) is 12.4. The molecule has 1 N–H and O–H groups in total. The van der Waals surface area contributed by atoms with Gasteiger partial charge in [-0.2, -0.15) is 0 Å². The van der Waals surface area contributed by atoms with Crippen LogP contribution in [0.4, 0.5) is 0 Å². The Labute approximate surface area is 197 Å². The maximum Gasteiger partial charge on any atom is 0.254 e. The van der Waals surface area contributed by atoms with Crippen LogP contribution in [-0.2, 0) is 19.8 Å². The smallest absolute Gasteiger partial charge is 0.254 e. The summed E-state index contributed by atoms with van der Waals surface area (Å²) in [7, 11) is 1.60. The Balaban J connectivity index is 1.83. The number of aliphatic hydroxyl groups excluding tert-OH is 1. The molecule has 0 unspecified atom stereocenters. The molecule has 6 nitrogen and oxygen atoms in total. The van der Waals surface area contributed by atoms with Gasteiger partial charge in [-0.1, -0.05) is 18.5 Å². The van der Waals surface area contributed by atoms with Crippen LogP contribution < -0.4 is 9.47 Å². The largest absolute Gasteiger partial charge is 0.497 e. The van der Waals surface area contributed by atoms with Crippen LogP contribution in [0, 0.1) is 0 Å². The topological polar surface area (TPSA) is 71.9 Å². The zero-order chi connectivity index (χ0) is 23.1. The Morgan fingerprint density at radius 2 is 2.00 bits per heavy atom. The number of aromatic nitrogens is 1. The SMILES string of the molecule is CC[C@H](C)N(Cc1cc(Cl)ccc1OCc1nc(CO)cs1)C(=O)c1ccc(OC)cc1. The first-order valence-corrected chi connectivity index (χ1v) is 11.6. The van der Waals surface area contributed by atoms with Gasteiger partial charge >= 0.3 is 0 Å². The van der Waals surface area contributed by atoms with Gasteiger partial charge < -0.3 is 19.5 Å². The molecule has 1 heterocycles. The molecule has 1 amide bonds. The quantitative estimate of drug-likeness (QED) is 0.430. The van der Waals surface area contributed by atoms with Crippen molar-refractivity contribution < 1.29 is 19.4 Å². The summed E-state index contributed by atoms with van der Waals surface area (Å²) < 4.78 is 11.2. The summed E-state index contributed by atoms with van der Waals surface area (Å²) in [6.07, 6.45) is 0.807. The number of aliphatic hydroxyl groups is 1. The summed E-state index contributed by atoms with van der Waals surface area (Å²) in [4.78, 5) is 19.5. The zero-order valence-corrected chi connectivity index (χ0v) is 19.9. The van der Waals surface area contributed by atoms with Crippen molar-refractivity contribution in [1.29, 1.82) is 0 Å². The number of hydrogen-bond acceptors (Lipinski definition) is 6. The fraction of sp³-hybridized carbons (Fsp3) is 0.333. The van der Waals surface area contributed by atoms with E-state index in [1.807, 2.05) is 24.0 Å². The van der Waals surface area contributed by atoms with Crippen LogP contribution in [-0.4, -0.2) is 34.0 Å². The van der Waals surface area contributed by atoms with Crippen LogP contribution in [0.5, 0.6) is 11.5 Å². The van der Waals surface area contributed by atoms with E-state index in [9.17, 15) is 9.90 Å². The van der Waals surface area contributed by atoms with Crippen molar-refractivity contribution in [3.8, 4) is 11.5 Å². The van der Waals surface area contributed by atoms with Gasteiger partial charge in [-0.3, -0.25) is 4.79 Å². The highest BCUT2D eigenvalue weighted by molar-refractivity contribution is 7.09. The maximum atomic E-state index is 13.3. The van der Waals surface area contributed by atoms with Gasteiger partial charge in [0, 0.05) is 34.1 Å². The Bertz CT molecular complexity index is 1040. The number of thiazole rings is 1. The Morgan fingerprint density at radius 3 is 2.62 bits per heavy atom. The number of hydrogen-bond donors (Lipinski definition) is 1. The second-order valence-electron chi connectivity index (χ2n) is 7.35. The number of amides is 1. The van der Waals surface area contributed by atoms with Gasteiger partial charge in [-0.15, -0.1) is 11.3 Å². The third-order valence-corrected chi connectivity index (χ3v) is 6.30. The normalized spacial score (nSPS) is 11.8. The molecule has 0 aliphatic heterocycles. The lowest BCUT2D eigenvalue weighted by Gasteiger charge is -2.29. The molecule has 0 aliphatic rings. The van der Waals surface area contributed by atoms with Crippen LogP contribution in [0.3, 0.4) is 0 Å². The minimum absolute atomic E-state index is 0.0162. The van der Waals surface area contributed by atoms with E-state index in [4.69, 9.17) is 21.1 Å². The Hall–Kier alpha value is -2.61. The van der Waals surface area contributed by atoms with Crippen molar-refractivity contribution >= 4 is 28.8 Å². The Kier molecular flexibility index (Phi) is 8.50. The van der Waals surface area contributed by atoms with Crippen molar-refractivity contribution in [2.45, 2.75) is 46.1 Å². The molecule has 0 spiro atoms. The molecule has 3 rings (SSSR count). The fourth-order valence-electron chi connectivity index (χ4n) is 3.17. The molecule has 32 heavy (non-hydrogen) atoms. The molecule has 2 aromatic carbocycles. The molecule has 0 saturated carbocycles. The van der Waals surface area contributed by atoms with E-state index >= 15 is 0 Å². The molecule has 8 heteroatoms. The molecule has 1 atom stereocenters. The van der Waals surface area contributed by atoms with E-state index in [0.29, 0.717) is 34.3 Å². The molecule has 0 aliphatic carbocycles. The third kappa shape index (κ3) is 6.00. The van der Waals surface area contributed by atoms with Crippen LogP contribution in [0.25, 0.3) is 0 Å². The predicted molar refractivity (Wildman–Crippen MR) is 126 cm³/mol. The number of carbonyl (C=O) groups excluding carboxylic acids is 1. The lowest BCUT2D eigenvalue weighted by Crippen LogP contribution is -2.37. The molecule has 0 radical (unpaired) electrons. The molecule has 3 aromatic rings. The molecule has 0 bridgehead atoms. The molecule has 1 aromatic heterocycles. The van der Waals surface area contributed by atoms with Crippen LogP contribution >= 0.6 is 22.9 Å². The van der Waals surface area contributed by atoms with Gasteiger partial charge in [0.15, 0.2) is 0 Å². The molecular formula is C24H27ClN2O4S. The standard InChI is InChI=1S/C24H27ClN2O4S/c1-4-16(2)27(24(29)17-5-8-21(30-3)9-6-17)12-18-11-19(25)7-10-22(18)31-14-23-26-20(13-28)15-32-23/h5-11,15-16,28H,4,12-14H2,1-3H3/t16-/m0/s1. The summed E-state index contributed by atoms with van der Waals surface area (Å²) in [5.41, 5.74) is 2.03. The highest BCUT2D eigenvalue weighted by Gasteiger charge is 2.22. The molecule has 170 valence electrons. The molecular weight excluding hydrogens is 448 g/mol. The number of methoxy groups -OCH3 is 1. The lowest BCUT2D eigenvalue weighted by molar-refractivity contribution is 0.0669. The van der Waals surface area contributed by atoms with Crippen molar-refractivity contribution in [2.75, 3.05) is 7.11 Å². The van der Waals surface area contributed by atoms with Crippen LogP contribution in [0.2, 0.25) is 5.02 Å². The number of benzene rings is 2. The van der Waals surface area contributed by atoms with Crippen molar-refractivity contribution in [2.24, 2.45) is 0 Å². The van der Waals surface area contributed by atoms with E-state index in [2.05, 4.69) is 11.9 Å². The average molecular weight is 475 g/mol. The number of rotatable bonds is 10. The second-order valence-corrected chi connectivity index (χ2v) is 8.73. The van der Waals surface area contributed by atoms with Crippen molar-refractivity contribution in [3.05, 3.63) is 74.7 Å². The van der Waals surface area contributed by atoms with Gasteiger partial charge in [0.25, 0.3) is 5.91 Å². The van der Waals surface area contributed by atoms with Gasteiger partial charge in [0.2, 0.25) is 0 Å². The Morgan fingerprint density at radius 1 is 1.25 bits per heavy atom. The zero-order valence-electron chi connectivity index (χ0n) is 18.4. The number of ether oxygens (including phenoxy) is 2.